The van der Waals surface area contributed by atoms with Crippen LogP contribution in [0, 0.1) is 0 Å². The first-order valence-electron chi connectivity index (χ1n) is 9.09. The van der Waals surface area contributed by atoms with Crippen LogP contribution in [-0.2, 0) is 4.79 Å². The zero-order valence-electron chi connectivity index (χ0n) is 14.2. The highest BCUT2D eigenvalue weighted by atomic mass is 35.5. The molecule has 0 aromatic carbocycles. The van der Waals surface area contributed by atoms with Crippen LogP contribution in [0.1, 0.15) is 51.4 Å². The lowest BCUT2D eigenvalue weighted by Crippen LogP contribution is -2.43. The molecular weight excluding hydrogens is 308 g/mol. The first-order chi connectivity index (χ1) is 11.3. The van der Waals surface area contributed by atoms with Gasteiger partial charge in [-0.3, -0.25) is 4.90 Å². The average molecular weight is 339 g/mol. The summed E-state index contributed by atoms with van der Waals surface area (Å²) in [6, 6.07) is 1.52. The number of nitrogens with one attached hydrogen (secondary N) is 1. The average Bonchev–Trinajstić information content (AvgIpc) is 3.05. The standard InChI is InChI=1S/C18H29ClN2.CH2O/c19-16-10-8-15(9-11-16)14-21-12-4-7-18(21)13-20-17-5-2-1-3-6-17;1-2/h8-10,16-18,20H,1-7,11-14H2;1H2. The van der Waals surface area contributed by atoms with Gasteiger partial charge < -0.3 is 10.1 Å². The number of likely N-dealkylation sites (tertiary alicyclic amines) is 1. The third-order valence-electron chi connectivity index (χ3n) is 5.26. The van der Waals surface area contributed by atoms with E-state index in [1.54, 1.807) is 0 Å². The zero-order valence-corrected chi connectivity index (χ0v) is 14.9. The van der Waals surface area contributed by atoms with E-state index in [4.69, 9.17) is 16.4 Å². The van der Waals surface area contributed by atoms with Crippen molar-refractivity contribution in [3.8, 4) is 0 Å². The maximum atomic E-state index is 8.00. The van der Waals surface area contributed by atoms with E-state index < -0.39 is 0 Å². The summed E-state index contributed by atoms with van der Waals surface area (Å²) in [5.41, 5.74) is 1.46. The minimum atomic E-state index is 0.205. The van der Waals surface area contributed by atoms with E-state index in [0.717, 1.165) is 25.0 Å². The molecule has 0 radical (unpaired) electrons. The molecule has 2 unspecified atom stereocenters. The van der Waals surface area contributed by atoms with E-state index in [-0.39, 0.29) is 5.38 Å². The number of nitrogens with zero attached hydrogens (tertiary/aromatic N) is 1. The number of alkyl halides is 1. The van der Waals surface area contributed by atoms with Gasteiger partial charge in [-0.1, -0.05) is 37.5 Å². The van der Waals surface area contributed by atoms with Crippen molar-refractivity contribution in [2.75, 3.05) is 19.6 Å². The van der Waals surface area contributed by atoms with Gasteiger partial charge in [-0.15, -0.1) is 11.6 Å². The summed E-state index contributed by atoms with van der Waals surface area (Å²) in [5.74, 6) is 0. The number of carbonyl (C=O) groups is 1. The summed E-state index contributed by atoms with van der Waals surface area (Å²) < 4.78 is 0. The fourth-order valence-corrected chi connectivity index (χ4v) is 4.10. The van der Waals surface area contributed by atoms with Crippen LogP contribution in [-0.4, -0.2) is 48.8 Å². The maximum absolute atomic E-state index is 8.00. The van der Waals surface area contributed by atoms with Crippen molar-refractivity contribution >= 4 is 18.4 Å². The summed E-state index contributed by atoms with van der Waals surface area (Å²) in [5, 5.41) is 4.04. The Morgan fingerprint density at radius 1 is 1.17 bits per heavy atom. The lowest BCUT2D eigenvalue weighted by atomic mass is 9.95. The summed E-state index contributed by atoms with van der Waals surface area (Å²) in [7, 11) is 0. The maximum Gasteiger partial charge on any atom is 0.106 e. The van der Waals surface area contributed by atoms with E-state index in [1.807, 2.05) is 6.79 Å². The highest BCUT2D eigenvalue weighted by Gasteiger charge is 2.26. The largest absolute Gasteiger partial charge is 0.312 e. The molecule has 0 aromatic rings. The number of hydrogen-bond donors (Lipinski definition) is 1. The SMILES string of the molecule is C=O.ClC1C=CC(CN2CCCC2CNC2CCCCC2)=CC1. The minimum Gasteiger partial charge on any atom is -0.312 e. The van der Waals surface area contributed by atoms with Gasteiger partial charge >= 0.3 is 0 Å². The van der Waals surface area contributed by atoms with Gasteiger partial charge in [0.15, 0.2) is 0 Å². The molecule has 3 rings (SSSR count). The van der Waals surface area contributed by atoms with Gasteiger partial charge in [0.25, 0.3) is 0 Å². The Morgan fingerprint density at radius 3 is 2.65 bits per heavy atom. The molecule has 4 heteroatoms. The molecule has 130 valence electrons. The molecule has 23 heavy (non-hydrogen) atoms. The molecule has 0 amide bonds. The molecule has 2 aliphatic carbocycles. The van der Waals surface area contributed by atoms with Crippen molar-refractivity contribution < 1.29 is 4.79 Å². The highest BCUT2D eigenvalue weighted by molar-refractivity contribution is 6.22. The van der Waals surface area contributed by atoms with Gasteiger partial charge in [0.05, 0.1) is 5.38 Å². The van der Waals surface area contributed by atoms with Crippen molar-refractivity contribution in [1.29, 1.82) is 0 Å². The predicted molar refractivity (Wildman–Crippen MR) is 98.1 cm³/mol. The van der Waals surface area contributed by atoms with Gasteiger partial charge in [-0.2, -0.15) is 0 Å². The number of hydrogen-bond acceptors (Lipinski definition) is 3. The van der Waals surface area contributed by atoms with E-state index in [0.29, 0.717) is 0 Å². The molecule has 0 spiro atoms. The molecule has 1 aliphatic heterocycles. The van der Waals surface area contributed by atoms with Gasteiger partial charge in [0, 0.05) is 25.2 Å². The van der Waals surface area contributed by atoms with E-state index in [9.17, 15) is 0 Å². The fraction of sp³-hybridized carbons (Fsp3) is 0.737. The second-order valence-electron chi connectivity index (χ2n) is 6.90. The van der Waals surface area contributed by atoms with Crippen LogP contribution in [0.2, 0.25) is 0 Å². The van der Waals surface area contributed by atoms with Crippen molar-refractivity contribution in [2.45, 2.75) is 68.8 Å². The van der Waals surface area contributed by atoms with Crippen LogP contribution >= 0.6 is 11.6 Å². The Morgan fingerprint density at radius 2 is 1.96 bits per heavy atom. The fourth-order valence-electron chi connectivity index (χ4n) is 3.93. The molecule has 3 nitrogen and oxygen atoms in total. The van der Waals surface area contributed by atoms with Crippen LogP contribution < -0.4 is 5.32 Å². The van der Waals surface area contributed by atoms with Crippen LogP contribution in [0.15, 0.2) is 23.8 Å². The van der Waals surface area contributed by atoms with Gasteiger partial charge in [-0.25, -0.2) is 0 Å². The lowest BCUT2D eigenvalue weighted by Gasteiger charge is -2.29. The summed E-state index contributed by atoms with van der Waals surface area (Å²) in [6.07, 6.45) is 17.4. The molecule has 1 saturated carbocycles. The van der Waals surface area contributed by atoms with E-state index >= 15 is 0 Å². The molecular formula is C19H31ClN2O. The summed E-state index contributed by atoms with van der Waals surface area (Å²) in [6.45, 7) is 5.55. The predicted octanol–water partition coefficient (Wildman–Crippen LogP) is 3.68. The highest BCUT2D eigenvalue weighted by Crippen LogP contribution is 2.23. The second kappa shape index (κ2) is 10.3. The van der Waals surface area contributed by atoms with Crippen LogP contribution in [0.25, 0.3) is 0 Å². The van der Waals surface area contributed by atoms with Crippen molar-refractivity contribution in [3.63, 3.8) is 0 Å². The van der Waals surface area contributed by atoms with Gasteiger partial charge in [-0.05, 0) is 44.2 Å². The zero-order chi connectivity index (χ0) is 16.5. The monoisotopic (exact) mass is 338 g/mol. The topological polar surface area (TPSA) is 32.3 Å². The van der Waals surface area contributed by atoms with Crippen LogP contribution in [0.3, 0.4) is 0 Å². The Balaban J connectivity index is 0.000000924. The molecule has 1 saturated heterocycles. The number of halogens is 1. The quantitative estimate of drug-likeness (QED) is 0.776. The second-order valence-corrected chi connectivity index (χ2v) is 7.46. The summed E-state index contributed by atoms with van der Waals surface area (Å²) >= 11 is 6.11. The smallest absolute Gasteiger partial charge is 0.106 e. The molecule has 1 heterocycles. The first-order valence-corrected chi connectivity index (χ1v) is 9.52. The Labute approximate surface area is 146 Å². The molecule has 2 fully saturated rings. The first kappa shape index (κ1) is 18.7. The third-order valence-corrected chi connectivity index (χ3v) is 5.58. The normalized spacial score (nSPS) is 29.0. The summed E-state index contributed by atoms with van der Waals surface area (Å²) in [4.78, 5) is 10.7. The van der Waals surface area contributed by atoms with Crippen LogP contribution in [0.4, 0.5) is 0 Å². The molecule has 0 aromatic heterocycles. The van der Waals surface area contributed by atoms with Crippen LogP contribution in [0.5, 0.6) is 0 Å². The molecule has 3 aliphatic rings. The third kappa shape index (κ3) is 6.06. The molecule has 2 atom stereocenters. The Bertz CT molecular complexity index is 404. The van der Waals surface area contributed by atoms with E-state index in [2.05, 4.69) is 28.4 Å². The molecule has 0 bridgehead atoms. The van der Waals surface area contributed by atoms with Gasteiger partial charge in [0.1, 0.15) is 6.79 Å². The van der Waals surface area contributed by atoms with Gasteiger partial charge in [0.2, 0.25) is 0 Å². The Hall–Kier alpha value is -0.640. The number of rotatable bonds is 5. The number of carbonyl (C=O) groups excluding carboxylic acids is 1. The van der Waals surface area contributed by atoms with Crippen molar-refractivity contribution in [2.24, 2.45) is 0 Å². The number of allylic oxidation sites excluding steroid dienone is 2. The van der Waals surface area contributed by atoms with E-state index in [1.165, 1.54) is 63.6 Å². The Kier molecular flexibility index (Phi) is 8.35. The molecule has 1 N–H and O–H groups in total. The van der Waals surface area contributed by atoms with Crippen molar-refractivity contribution in [1.82, 2.24) is 10.2 Å². The van der Waals surface area contributed by atoms with Crippen molar-refractivity contribution in [3.05, 3.63) is 23.8 Å². The minimum absolute atomic E-state index is 0.205. The lowest BCUT2D eigenvalue weighted by molar-refractivity contribution is -0.0979.